The van der Waals surface area contributed by atoms with Crippen LogP contribution in [0.15, 0.2) is 36.4 Å². The van der Waals surface area contributed by atoms with Gasteiger partial charge in [-0.3, -0.25) is 9.59 Å². The van der Waals surface area contributed by atoms with Gasteiger partial charge in [-0.2, -0.15) is 0 Å². The minimum Gasteiger partial charge on any atom is -0.497 e. The third-order valence-electron chi connectivity index (χ3n) is 6.04. The van der Waals surface area contributed by atoms with E-state index in [4.69, 9.17) is 23.7 Å². The number of methoxy groups -OCH3 is 3. The third-order valence-corrected chi connectivity index (χ3v) is 6.04. The molecule has 0 bridgehead atoms. The maximum Gasteiger partial charge on any atom is 0.244 e. The number of benzene rings is 2. The van der Waals surface area contributed by atoms with E-state index in [1.807, 2.05) is 18.2 Å². The molecule has 1 N–H and O–H groups in total. The fraction of sp³-hybridized carbons (Fsp3) is 0.440. The number of carbonyl (C=O) groups excluding carboxylic acids is 2. The Labute approximate surface area is 198 Å². The average molecular weight is 471 g/mol. The Morgan fingerprint density at radius 1 is 1.06 bits per heavy atom. The Hall–Kier alpha value is -3.46. The van der Waals surface area contributed by atoms with Crippen LogP contribution in [0.25, 0.3) is 0 Å². The zero-order chi connectivity index (χ0) is 24.1. The summed E-state index contributed by atoms with van der Waals surface area (Å²) >= 11 is 0. The molecule has 182 valence electrons. The molecular formula is C25H30N2O7. The zero-order valence-corrected chi connectivity index (χ0v) is 19.7. The monoisotopic (exact) mass is 470 g/mol. The molecule has 2 aliphatic heterocycles. The highest BCUT2D eigenvalue weighted by molar-refractivity contribution is 5.96. The van der Waals surface area contributed by atoms with Crippen LogP contribution in [-0.2, 0) is 14.3 Å². The second-order valence-corrected chi connectivity index (χ2v) is 8.26. The molecule has 2 fully saturated rings. The van der Waals surface area contributed by atoms with Gasteiger partial charge in [-0.05, 0) is 36.2 Å². The van der Waals surface area contributed by atoms with Gasteiger partial charge in [-0.1, -0.05) is 6.07 Å². The SMILES string of the molecule is COc1ccc(NC(=O)CN2C[C@H](c3ccc(OC)c(OC4CCCO4)c3)CC2=O)c(OC)c1. The molecule has 1 unspecified atom stereocenters. The van der Waals surface area contributed by atoms with Crippen molar-refractivity contribution in [3.8, 4) is 23.0 Å². The first-order valence-electron chi connectivity index (χ1n) is 11.3. The number of hydrogen-bond acceptors (Lipinski definition) is 7. The lowest BCUT2D eigenvalue weighted by atomic mass is 9.98. The first-order chi connectivity index (χ1) is 16.5. The lowest BCUT2D eigenvalue weighted by Crippen LogP contribution is -2.34. The van der Waals surface area contributed by atoms with Crippen molar-refractivity contribution in [2.24, 2.45) is 0 Å². The predicted octanol–water partition coefficient (Wildman–Crippen LogP) is 3.18. The zero-order valence-electron chi connectivity index (χ0n) is 19.7. The summed E-state index contributed by atoms with van der Waals surface area (Å²) in [6, 6.07) is 10.8. The lowest BCUT2D eigenvalue weighted by Gasteiger charge is -2.19. The molecule has 2 aromatic carbocycles. The molecule has 2 aliphatic rings. The van der Waals surface area contributed by atoms with E-state index in [1.165, 1.54) is 7.11 Å². The van der Waals surface area contributed by atoms with Crippen LogP contribution in [0.4, 0.5) is 5.69 Å². The summed E-state index contributed by atoms with van der Waals surface area (Å²) in [7, 11) is 4.67. The molecule has 34 heavy (non-hydrogen) atoms. The van der Waals surface area contributed by atoms with E-state index in [-0.39, 0.29) is 30.6 Å². The smallest absolute Gasteiger partial charge is 0.244 e. The van der Waals surface area contributed by atoms with Crippen LogP contribution >= 0.6 is 0 Å². The van der Waals surface area contributed by atoms with Crippen LogP contribution in [0, 0.1) is 0 Å². The van der Waals surface area contributed by atoms with E-state index in [2.05, 4.69) is 5.32 Å². The number of hydrogen-bond donors (Lipinski definition) is 1. The highest BCUT2D eigenvalue weighted by Gasteiger charge is 2.32. The highest BCUT2D eigenvalue weighted by Crippen LogP contribution is 2.36. The summed E-state index contributed by atoms with van der Waals surface area (Å²) in [4.78, 5) is 26.9. The topological polar surface area (TPSA) is 95.6 Å². The molecule has 0 aliphatic carbocycles. The number of amides is 2. The van der Waals surface area contributed by atoms with Crippen LogP contribution in [0.5, 0.6) is 23.0 Å². The maximum absolute atomic E-state index is 12.7. The molecule has 9 heteroatoms. The molecule has 4 rings (SSSR count). The van der Waals surface area contributed by atoms with Crippen molar-refractivity contribution < 1.29 is 33.3 Å². The van der Waals surface area contributed by atoms with Crippen LogP contribution in [-0.4, -0.2) is 64.0 Å². The van der Waals surface area contributed by atoms with E-state index in [0.717, 1.165) is 18.4 Å². The van der Waals surface area contributed by atoms with Crippen LogP contribution < -0.4 is 24.3 Å². The Morgan fingerprint density at radius 2 is 1.88 bits per heavy atom. The van der Waals surface area contributed by atoms with Crippen LogP contribution in [0.1, 0.15) is 30.7 Å². The summed E-state index contributed by atoms with van der Waals surface area (Å²) in [6.07, 6.45) is 1.83. The number of rotatable bonds is 9. The average Bonchev–Trinajstić information content (AvgIpc) is 3.49. The van der Waals surface area contributed by atoms with Crippen molar-refractivity contribution in [2.45, 2.75) is 31.5 Å². The largest absolute Gasteiger partial charge is 0.497 e. The summed E-state index contributed by atoms with van der Waals surface area (Å²) in [5.74, 6) is 1.91. The van der Waals surface area contributed by atoms with Gasteiger partial charge in [0.1, 0.15) is 11.5 Å². The molecule has 2 atom stereocenters. The molecule has 0 aromatic heterocycles. The first kappa shape index (κ1) is 23.7. The van der Waals surface area contributed by atoms with E-state index in [1.54, 1.807) is 37.3 Å². The fourth-order valence-electron chi connectivity index (χ4n) is 4.24. The van der Waals surface area contributed by atoms with Crippen molar-refractivity contribution in [3.05, 3.63) is 42.0 Å². The van der Waals surface area contributed by atoms with Gasteiger partial charge in [0.15, 0.2) is 17.8 Å². The predicted molar refractivity (Wildman–Crippen MR) is 125 cm³/mol. The fourth-order valence-corrected chi connectivity index (χ4v) is 4.24. The summed E-state index contributed by atoms with van der Waals surface area (Å²) in [5, 5.41) is 2.82. The summed E-state index contributed by atoms with van der Waals surface area (Å²) < 4.78 is 27.5. The normalized spacial score (nSPS) is 19.7. The van der Waals surface area contributed by atoms with E-state index in [0.29, 0.717) is 48.3 Å². The van der Waals surface area contributed by atoms with Gasteiger partial charge in [-0.25, -0.2) is 0 Å². The standard InChI is InChI=1S/C25H30N2O7/c1-30-18-7-8-19(21(13-18)32-3)26-23(28)15-27-14-17(12-24(27)29)16-6-9-20(31-2)22(11-16)34-25-5-4-10-33-25/h6-9,11,13,17,25H,4-5,10,12,14-15H2,1-3H3,(H,26,28)/t17-,25?/m1/s1. The quantitative estimate of drug-likeness (QED) is 0.601. The van der Waals surface area contributed by atoms with Crippen LogP contribution in [0.3, 0.4) is 0 Å². The Morgan fingerprint density at radius 3 is 2.59 bits per heavy atom. The number of nitrogens with zero attached hydrogens (tertiary/aromatic N) is 1. The van der Waals surface area contributed by atoms with Gasteiger partial charge in [0.2, 0.25) is 11.8 Å². The molecule has 2 saturated heterocycles. The number of anilines is 1. The molecule has 2 heterocycles. The number of likely N-dealkylation sites (tertiary alicyclic amines) is 1. The molecule has 2 amide bonds. The van der Waals surface area contributed by atoms with Gasteiger partial charge in [-0.15, -0.1) is 0 Å². The highest BCUT2D eigenvalue weighted by atomic mass is 16.7. The van der Waals surface area contributed by atoms with Crippen molar-refractivity contribution in [1.82, 2.24) is 4.90 Å². The van der Waals surface area contributed by atoms with E-state index in [9.17, 15) is 9.59 Å². The summed E-state index contributed by atoms with van der Waals surface area (Å²) in [6.45, 7) is 1.08. The second-order valence-electron chi connectivity index (χ2n) is 8.26. The number of ether oxygens (including phenoxy) is 5. The minimum atomic E-state index is -0.297. The van der Waals surface area contributed by atoms with Gasteiger partial charge in [0, 0.05) is 31.4 Å². The van der Waals surface area contributed by atoms with E-state index < -0.39 is 0 Å². The minimum absolute atomic E-state index is 0.0417. The molecule has 0 radical (unpaired) electrons. The number of nitrogens with one attached hydrogen (secondary N) is 1. The molecule has 9 nitrogen and oxygen atoms in total. The van der Waals surface area contributed by atoms with E-state index >= 15 is 0 Å². The molecule has 0 spiro atoms. The second kappa shape index (κ2) is 10.6. The van der Waals surface area contributed by atoms with Crippen molar-refractivity contribution in [1.29, 1.82) is 0 Å². The summed E-state index contributed by atoms with van der Waals surface area (Å²) in [5.41, 5.74) is 1.48. The van der Waals surface area contributed by atoms with Crippen molar-refractivity contribution in [2.75, 3.05) is 46.3 Å². The number of carbonyl (C=O) groups is 2. The first-order valence-corrected chi connectivity index (χ1v) is 11.3. The molecule has 2 aromatic rings. The van der Waals surface area contributed by atoms with Crippen molar-refractivity contribution >= 4 is 17.5 Å². The Balaban J connectivity index is 1.40. The maximum atomic E-state index is 12.7. The molecular weight excluding hydrogens is 440 g/mol. The van der Waals surface area contributed by atoms with Gasteiger partial charge in [0.25, 0.3) is 0 Å². The lowest BCUT2D eigenvalue weighted by molar-refractivity contribution is -0.131. The molecule has 0 saturated carbocycles. The van der Waals surface area contributed by atoms with Crippen LogP contribution in [0.2, 0.25) is 0 Å². The van der Waals surface area contributed by atoms with Crippen molar-refractivity contribution in [3.63, 3.8) is 0 Å². The Bertz CT molecular complexity index is 1040. The third kappa shape index (κ3) is 5.36. The Kier molecular flexibility index (Phi) is 7.42. The van der Waals surface area contributed by atoms with Gasteiger partial charge < -0.3 is 33.9 Å². The van der Waals surface area contributed by atoms with Gasteiger partial charge >= 0.3 is 0 Å². The van der Waals surface area contributed by atoms with Gasteiger partial charge in [0.05, 0.1) is 40.2 Å².